The van der Waals surface area contributed by atoms with Crippen LogP contribution in [0.2, 0.25) is 10.0 Å². The van der Waals surface area contributed by atoms with Crippen molar-refractivity contribution in [2.24, 2.45) is 23.7 Å². The van der Waals surface area contributed by atoms with Crippen molar-refractivity contribution in [1.82, 2.24) is 30.2 Å². The minimum atomic E-state index is -5.41. The molecule has 2 aliphatic carbocycles. The van der Waals surface area contributed by atoms with Crippen LogP contribution in [0.4, 0.5) is 17.6 Å². The maximum atomic E-state index is 15.0. The van der Waals surface area contributed by atoms with Gasteiger partial charge in [0.25, 0.3) is 5.91 Å². The molecule has 3 N–H and O–H groups in total. The Kier molecular flexibility index (Phi) is 17.0. The van der Waals surface area contributed by atoms with E-state index >= 15 is 0 Å². The van der Waals surface area contributed by atoms with E-state index in [1.165, 1.54) is 28.7 Å². The summed E-state index contributed by atoms with van der Waals surface area (Å²) in [6.45, 7) is 5.00. The molecule has 20 heteroatoms. The molecule has 1 aromatic carbocycles. The molecular formula is C45H62Cl2F4N6O8. The van der Waals surface area contributed by atoms with Gasteiger partial charge in [-0.25, -0.2) is 4.39 Å². The summed E-state index contributed by atoms with van der Waals surface area (Å²) >= 11 is 12.8. The lowest BCUT2D eigenvalue weighted by molar-refractivity contribution is -0.250. The zero-order chi connectivity index (χ0) is 48.3. The lowest BCUT2D eigenvalue weighted by Crippen LogP contribution is -2.60. The average molecular weight is 962 g/mol. The Labute approximate surface area is 387 Å². The molecule has 0 radical (unpaired) electrons. The molecule has 6 amide bonds. The number of likely N-dealkylation sites (tertiary alicyclic amines) is 1. The third-order valence-corrected chi connectivity index (χ3v) is 13.7. The first-order valence-corrected chi connectivity index (χ1v) is 23.2. The number of hydrogen-bond acceptors (Lipinski definition) is 8. The van der Waals surface area contributed by atoms with Gasteiger partial charge in [-0.05, 0) is 107 Å². The van der Waals surface area contributed by atoms with Crippen molar-refractivity contribution in [1.29, 1.82) is 0 Å². The van der Waals surface area contributed by atoms with Gasteiger partial charge in [-0.1, -0.05) is 37.0 Å². The zero-order valence-corrected chi connectivity index (χ0v) is 39.3. The van der Waals surface area contributed by atoms with Gasteiger partial charge in [0.2, 0.25) is 35.1 Å². The third-order valence-electron chi connectivity index (χ3n) is 13.1. The molecule has 0 unspecified atom stereocenters. The first-order valence-electron chi connectivity index (χ1n) is 22.5. The molecule has 65 heavy (non-hydrogen) atoms. The van der Waals surface area contributed by atoms with E-state index in [2.05, 4.69) is 10.6 Å². The van der Waals surface area contributed by atoms with E-state index in [9.17, 15) is 56.2 Å². The van der Waals surface area contributed by atoms with Gasteiger partial charge >= 0.3 is 6.18 Å². The normalized spacial score (nSPS) is 27.0. The van der Waals surface area contributed by atoms with Crippen molar-refractivity contribution in [2.45, 2.75) is 146 Å². The highest BCUT2D eigenvalue weighted by atomic mass is 35.5. The van der Waals surface area contributed by atoms with Crippen LogP contribution < -0.4 is 10.6 Å². The number of hydrogen-bond donors (Lipinski definition) is 3. The Morgan fingerprint density at radius 1 is 0.954 bits per heavy atom. The van der Waals surface area contributed by atoms with Gasteiger partial charge in [0.15, 0.2) is 5.78 Å². The highest BCUT2D eigenvalue weighted by Gasteiger charge is 2.59. The lowest BCUT2D eigenvalue weighted by Gasteiger charge is -2.37. The molecule has 1 aromatic rings. The number of aliphatic hydroxyl groups is 1. The number of ketones is 1. The Bertz CT molecular complexity index is 1970. The van der Waals surface area contributed by atoms with Crippen LogP contribution in [-0.4, -0.2) is 148 Å². The quantitative estimate of drug-likeness (QED) is 0.235. The van der Waals surface area contributed by atoms with E-state index in [1.54, 1.807) is 25.2 Å². The number of Topliss-reactive ketones (excluding diaryl/α,β-unsaturated/α-hetero) is 1. The Hall–Kier alpha value is -4.03. The summed E-state index contributed by atoms with van der Waals surface area (Å²) in [4.78, 5) is 104. The standard InChI is InChI=1S/C45H62Cl2F4N6O8/c1-24(2)17-33-42(63)55(6)36(19-28-18-29(46)14-15-32(28)47)39(60)52-25(3)40(61)54(5)16-8-7-9-34(38(59)53-33)56(22-26-10-11-26)41(62)31(27-12-13-27)21-37(58)35-20-30(48)23-57(35)43(64)44(4,65)45(49,50)51/h14-15,18,24-27,30-31,33-36,65H,7-13,16-17,19-23H2,1-6H3,(H,52,60)(H,53,59)/t25-,30-,31+,33+,34+,35+,36+,44-/m1/s1. The van der Waals surface area contributed by atoms with Crippen molar-refractivity contribution >= 4 is 64.4 Å². The van der Waals surface area contributed by atoms with Crippen LogP contribution in [0.3, 0.4) is 0 Å². The topological polar surface area (TPSA) is 177 Å². The Morgan fingerprint density at radius 3 is 2.22 bits per heavy atom. The molecule has 362 valence electrons. The number of halogens is 6. The van der Waals surface area contributed by atoms with Crippen LogP contribution in [0.1, 0.15) is 97.5 Å². The number of nitrogens with zero attached hydrogens (tertiary/aromatic N) is 4. The van der Waals surface area contributed by atoms with Crippen molar-refractivity contribution in [2.75, 3.05) is 33.7 Å². The minimum absolute atomic E-state index is 0.0181. The molecule has 14 nitrogen and oxygen atoms in total. The predicted molar refractivity (Wildman–Crippen MR) is 233 cm³/mol. The van der Waals surface area contributed by atoms with E-state index in [-0.39, 0.29) is 62.1 Å². The van der Waals surface area contributed by atoms with Gasteiger partial charge in [-0.3, -0.25) is 33.6 Å². The van der Waals surface area contributed by atoms with Crippen LogP contribution in [0.25, 0.3) is 0 Å². The monoisotopic (exact) mass is 960 g/mol. The second-order valence-electron chi connectivity index (χ2n) is 19.0. The molecule has 0 aromatic heterocycles. The second kappa shape index (κ2) is 21.3. The summed E-state index contributed by atoms with van der Waals surface area (Å²) in [5, 5.41) is 16.4. The fraction of sp³-hybridized carbons (Fsp3) is 0.711. The van der Waals surface area contributed by atoms with Gasteiger partial charge in [0.05, 0.1) is 12.6 Å². The van der Waals surface area contributed by atoms with Crippen LogP contribution in [0, 0.1) is 23.7 Å². The van der Waals surface area contributed by atoms with E-state index in [0.29, 0.717) is 41.2 Å². The van der Waals surface area contributed by atoms with E-state index in [1.807, 2.05) is 13.8 Å². The molecule has 2 saturated carbocycles. The maximum Gasteiger partial charge on any atom is 0.426 e. The van der Waals surface area contributed by atoms with Crippen LogP contribution in [-0.2, 0) is 40.0 Å². The smallest absolute Gasteiger partial charge is 0.373 e. The summed E-state index contributed by atoms with van der Waals surface area (Å²) in [5.41, 5.74) is -3.43. The summed E-state index contributed by atoms with van der Waals surface area (Å²) < 4.78 is 56.0. The van der Waals surface area contributed by atoms with Crippen molar-refractivity contribution < 1.29 is 56.2 Å². The van der Waals surface area contributed by atoms with Crippen molar-refractivity contribution in [3.8, 4) is 0 Å². The highest BCUT2D eigenvalue weighted by Crippen LogP contribution is 2.42. The van der Waals surface area contributed by atoms with Gasteiger partial charge in [-0.2, -0.15) is 13.2 Å². The predicted octanol–water partition coefficient (Wildman–Crippen LogP) is 4.89. The summed E-state index contributed by atoms with van der Waals surface area (Å²) in [6, 6.07) is -1.53. The fourth-order valence-electron chi connectivity index (χ4n) is 8.79. The minimum Gasteiger partial charge on any atom is -0.373 e. The number of benzene rings is 1. The van der Waals surface area contributed by atoms with Gasteiger partial charge in [0, 0.05) is 62.4 Å². The SMILES string of the molecule is CC(C)C[C@@H]1NC(=O)[C@@H](N(CC2CC2)C(=O)[C@@H](CC(=O)[C@@H]2C[C@@H](F)CN2C(=O)[C@@](C)(O)C(F)(F)F)C2CC2)CCCCN(C)C(=O)[C@@H](C)NC(=O)[C@H](Cc2cc(Cl)ccc2Cl)N(C)C1=O. The lowest BCUT2D eigenvalue weighted by atomic mass is 9.90. The molecule has 0 bridgehead atoms. The number of carbonyl (C=O) groups is 7. The van der Waals surface area contributed by atoms with E-state index in [4.69, 9.17) is 23.2 Å². The molecule has 2 saturated heterocycles. The molecular weight excluding hydrogens is 899 g/mol. The molecule has 5 rings (SSSR count). The van der Waals surface area contributed by atoms with Crippen LogP contribution in [0.15, 0.2) is 18.2 Å². The van der Waals surface area contributed by atoms with Gasteiger partial charge < -0.3 is 35.3 Å². The Morgan fingerprint density at radius 2 is 1.62 bits per heavy atom. The molecule has 2 heterocycles. The summed E-state index contributed by atoms with van der Waals surface area (Å²) in [6.07, 6.45) is -4.98. The second-order valence-corrected chi connectivity index (χ2v) is 19.9. The highest BCUT2D eigenvalue weighted by molar-refractivity contribution is 6.33. The van der Waals surface area contributed by atoms with Gasteiger partial charge in [-0.15, -0.1) is 0 Å². The zero-order valence-electron chi connectivity index (χ0n) is 37.8. The molecule has 4 fully saturated rings. The van der Waals surface area contributed by atoms with Gasteiger partial charge in [0.1, 0.15) is 30.3 Å². The molecule has 4 aliphatic rings. The third kappa shape index (κ3) is 12.9. The maximum absolute atomic E-state index is 15.0. The summed E-state index contributed by atoms with van der Waals surface area (Å²) in [7, 11) is 2.99. The average Bonchev–Trinajstić information content (AvgIpc) is 4.18. The Balaban J connectivity index is 1.49. The fourth-order valence-corrected chi connectivity index (χ4v) is 9.18. The number of carbonyl (C=O) groups excluding carboxylic acids is 7. The number of rotatable bonds is 13. The first-order chi connectivity index (χ1) is 30.3. The molecule has 0 spiro atoms. The van der Waals surface area contributed by atoms with Crippen LogP contribution in [0.5, 0.6) is 0 Å². The number of amides is 6. The number of nitrogens with one attached hydrogen (secondary N) is 2. The molecule has 8 atom stereocenters. The number of alkyl halides is 4. The van der Waals surface area contributed by atoms with E-state index in [0.717, 1.165) is 12.8 Å². The van der Waals surface area contributed by atoms with Crippen LogP contribution >= 0.6 is 23.2 Å². The largest absolute Gasteiger partial charge is 0.426 e. The summed E-state index contributed by atoms with van der Waals surface area (Å²) in [5.74, 6) is -7.12. The molecule has 2 aliphatic heterocycles. The van der Waals surface area contributed by atoms with Crippen molar-refractivity contribution in [3.05, 3.63) is 33.8 Å². The van der Waals surface area contributed by atoms with E-state index < -0.39 is 115 Å². The van der Waals surface area contributed by atoms with Crippen molar-refractivity contribution in [3.63, 3.8) is 0 Å². The number of likely N-dealkylation sites (N-methyl/N-ethyl adjacent to an activating group) is 2. The first kappa shape index (κ1) is 51.9.